The van der Waals surface area contributed by atoms with Gasteiger partial charge in [0, 0.05) is 5.92 Å². The molecule has 132 valence electrons. The van der Waals surface area contributed by atoms with Crippen molar-refractivity contribution < 1.29 is 29.3 Å². The molecule has 1 aromatic carbocycles. The Bertz CT molecular complexity index is 629. The van der Waals surface area contributed by atoms with Crippen molar-refractivity contribution in [3.8, 4) is 0 Å². The van der Waals surface area contributed by atoms with Gasteiger partial charge in [-0.25, -0.2) is 4.39 Å². The molecule has 3 N–H and O–H groups in total. The third kappa shape index (κ3) is 2.40. The van der Waals surface area contributed by atoms with Crippen LogP contribution in [0, 0.1) is 16.6 Å². The average Bonchev–Trinajstić information content (AvgIpc) is 2.55. The number of aliphatic carboxylic acids is 2. The number of carbonyl (C=O) groups is 2. The Hall–Kier alpha value is -1.95. The van der Waals surface area contributed by atoms with E-state index < -0.39 is 40.6 Å². The van der Waals surface area contributed by atoms with Gasteiger partial charge in [0.1, 0.15) is 5.82 Å². The molecule has 1 fully saturated rings. The van der Waals surface area contributed by atoms with Crippen LogP contribution in [0.1, 0.15) is 51.0 Å². The molecule has 0 radical (unpaired) electrons. The van der Waals surface area contributed by atoms with Gasteiger partial charge in [-0.3, -0.25) is 9.59 Å². The second-order valence-corrected chi connectivity index (χ2v) is 6.51. The van der Waals surface area contributed by atoms with Gasteiger partial charge >= 0.3 is 11.9 Å². The molecule has 0 aliphatic heterocycles. The molecule has 0 heterocycles. The lowest BCUT2D eigenvalue weighted by Gasteiger charge is -2.54. The number of benzene rings is 1. The summed E-state index contributed by atoms with van der Waals surface area (Å²) in [5.74, 6) is -3.78. The molecule has 0 saturated heterocycles. The molecule has 4 atom stereocenters. The first-order chi connectivity index (χ1) is 11.3. The topological polar surface area (TPSA) is 94.8 Å². The van der Waals surface area contributed by atoms with Crippen LogP contribution >= 0.6 is 0 Å². The van der Waals surface area contributed by atoms with E-state index in [4.69, 9.17) is 0 Å². The molecule has 0 aromatic heterocycles. The zero-order chi connectivity index (χ0) is 18.1. The van der Waals surface area contributed by atoms with Crippen LogP contribution in [0.25, 0.3) is 0 Å². The van der Waals surface area contributed by atoms with Crippen LogP contribution in [0.4, 0.5) is 4.39 Å². The van der Waals surface area contributed by atoms with Crippen LogP contribution in [0.15, 0.2) is 24.3 Å². The molecule has 1 aliphatic carbocycles. The van der Waals surface area contributed by atoms with Gasteiger partial charge in [0.2, 0.25) is 0 Å². The predicted octanol–water partition coefficient (Wildman–Crippen LogP) is 3.03. The fourth-order valence-electron chi connectivity index (χ4n) is 4.58. The van der Waals surface area contributed by atoms with E-state index in [-0.39, 0.29) is 25.7 Å². The van der Waals surface area contributed by atoms with Crippen molar-refractivity contribution in [2.75, 3.05) is 0 Å². The highest BCUT2D eigenvalue weighted by Crippen LogP contribution is 2.61. The number of aliphatic hydroxyl groups excluding tert-OH is 1. The van der Waals surface area contributed by atoms with E-state index in [1.807, 2.05) is 0 Å². The number of carboxylic acid groups (broad SMARTS) is 2. The summed E-state index contributed by atoms with van der Waals surface area (Å²) in [7, 11) is 0. The summed E-state index contributed by atoms with van der Waals surface area (Å²) in [6, 6.07) is 5.27. The summed E-state index contributed by atoms with van der Waals surface area (Å²) >= 11 is 0. The lowest BCUT2D eigenvalue weighted by atomic mass is 9.47. The first kappa shape index (κ1) is 18.4. The van der Waals surface area contributed by atoms with Crippen molar-refractivity contribution >= 4 is 11.9 Å². The Morgan fingerprint density at radius 3 is 2.12 bits per heavy atom. The van der Waals surface area contributed by atoms with E-state index in [9.17, 15) is 29.3 Å². The Morgan fingerprint density at radius 2 is 1.71 bits per heavy atom. The number of halogens is 1. The van der Waals surface area contributed by atoms with E-state index >= 15 is 0 Å². The highest BCUT2D eigenvalue weighted by molar-refractivity contribution is 5.88. The maximum atomic E-state index is 13.3. The van der Waals surface area contributed by atoms with Crippen LogP contribution in [-0.2, 0) is 9.59 Å². The SMILES string of the molecule is CC[C@@]1(C(=O)O)CC[C@@H](O)[C@@H](c2ccc(F)cc2)[C@@]1(CC)C(=O)O. The molecule has 24 heavy (non-hydrogen) atoms. The second kappa shape index (κ2) is 6.51. The van der Waals surface area contributed by atoms with Crippen LogP contribution in [-0.4, -0.2) is 33.4 Å². The number of hydrogen-bond donors (Lipinski definition) is 3. The number of aliphatic hydroxyl groups is 1. The van der Waals surface area contributed by atoms with Crippen molar-refractivity contribution in [3.05, 3.63) is 35.6 Å². The zero-order valence-electron chi connectivity index (χ0n) is 13.8. The van der Waals surface area contributed by atoms with Gasteiger partial charge in [-0.05, 0) is 43.4 Å². The van der Waals surface area contributed by atoms with E-state index in [0.717, 1.165) is 0 Å². The van der Waals surface area contributed by atoms with E-state index in [1.165, 1.54) is 24.3 Å². The van der Waals surface area contributed by atoms with Gasteiger partial charge in [0.25, 0.3) is 0 Å². The van der Waals surface area contributed by atoms with Crippen molar-refractivity contribution in [2.24, 2.45) is 10.8 Å². The number of carboxylic acids is 2. The van der Waals surface area contributed by atoms with Crippen LogP contribution in [0.2, 0.25) is 0 Å². The van der Waals surface area contributed by atoms with Gasteiger partial charge in [-0.2, -0.15) is 0 Å². The largest absolute Gasteiger partial charge is 0.481 e. The Balaban J connectivity index is 2.75. The molecular weight excluding hydrogens is 315 g/mol. The van der Waals surface area contributed by atoms with Crippen molar-refractivity contribution in [3.63, 3.8) is 0 Å². The van der Waals surface area contributed by atoms with Gasteiger partial charge in [-0.15, -0.1) is 0 Å². The molecular formula is C18H23FO5. The summed E-state index contributed by atoms with van der Waals surface area (Å²) in [5, 5.41) is 30.5. The molecule has 0 bridgehead atoms. The molecule has 0 unspecified atom stereocenters. The minimum Gasteiger partial charge on any atom is -0.481 e. The molecule has 1 saturated carbocycles. The minimum atomic E-state index is -1.66. The lowest BCUT2D eigenvalue weighted by Crippen LogP contribution is -2.60. The van der Waals surface area contributed by atoms with E-state index in [1.54, 1.807) is 13.8 Å². The Morgan fingerprint density at radius 1 is 1.12 bits per heavy atom. The predicted molar refractivity (Wildman–Crippen MR) is 85.1 cm³/mol. The fraction of sp³-hybridized carbons (Fsp3) is 0.556. The maximum Gasteiger partial charge on any atom is 0.311 e. The summed E-state index contributed by atoms with van der Waals surface area (Å²) < 4.78 is 13.3. The highest BCUT2D eigenvalue weighted by atomic mass is 19.1. The standard InChI is InChI=1S/C18H23FO5/c1-3-17(15(21)22)10-9-13(20)14(18(17,4-2)16(23)24)11-5-7-12(19)8-6-11/h5-8,13-14,20H,3-4,9-10H2,1-2H3,(H,21,22)(H,23,24)/t13-,14-,17+,18+/m1/s1. The molecule has 0 amide bonds. The molecule has 6 heteroatoms. The summed E-state index contributed by atoms with van der Waals surface area (Å²) in [6.07, 6.45) is -0.505. The van der Waals surface area contributed by atoms with Gasteiger partial charge < -0.3 is 15.3 Å². The number of hydrogen-bond acceptors (Lipinski definition) is 3. The maximum absolute atomic E-state index is 13.3. The monoisotopic (exact) mass is 338 g/mol. The molecule has 1 aromatic rings. The normalized spacial score (nSPS) is 33.2. The zero-order valence-corrected chi connectivity index (χ0v) is 13.8. The van der Waals surface area contributed by atoms with Gasteiger partial charge in [0.05, 0.1) is 16.9 Å². The first-order valence-electron chi connectivity index (χ1n) is 8.17. The van der Waals surface area contributed by atoms with E-state index in [0.29, 0.717) is 5.56 Å². The Kier molecular flexibility index (Phi) is 4.99. The lowest BCUT2D eigenvalue weighted by molar-refractivity contribution is -0.191. The van der Waals surface area contributed by atoms with Crippen molar-refractivity contribution in [2.45, 2.75) is 51.6 Å². The van der Waals surface area contributed by atoms with Crippen LogP contribution in [0.5, 0.6) is 0 Å². The summed E-state index contributed by atoms with van der Waals surface area (Å²) in [4.78, 5) is 24.5. The quantitative estimate of drug-likeness (QED) is 0.767. The van der Waals surface area contributed by atoms with Gasteiger partial charge in [0.15, 0.2) is 0 Å². The number of rotatable bonds is 5. The van der Waals surface area contributed by atoms with Crippen LogP contribution in [0.3, 0.4) is 0 Å². The smallest absolute Gasteiger partial charge is 0.311 e. The molecule has 1 aliphatic rings. The third-order valence-electron chi connectivity index (χ3n) is 5.82. The second-order valence-electron chi connectivity index (χ2n) is 6.51. The highest BCUT2D eigenvalue weighted by Gasteiger charge is 2.66. The summed E-state index contributed by atoms with van der Waals surface area (Å²) in [6.45, 7) is 3.30. The summed E-state index contributed by atoms with van der Waals surface area (Å²) in [5.41, 5.74) is -2.69. The van der Waals surface area contributed by atoms with Crippen molar-refractivity contribution in [1.82, 2.24) is 0 Å². The molecule has 2 rings (SSSR count). The van der Waals surface area contributed by atoms with Crippen molar-refractivity contribution in [1.29, 1.82) is 0 Å². The van der Waals surface area contributed by atoms with Gasteiger partial charge in [-0.1, -0.05) is 26.0 Å². The van der Waals surface area contributed by atoms with Crippen LogP contribution < -0.4 is 0 Å². The first-order valence-corrected chi connectivity index (χ1v) is 8.17. The third-order valence-corrected chi connectivity index (χ3v) is 5.82. The minimum absolute atomic E-state index is 0.0571. The average molecular weight is 338 g/mol. The fourth-order valence-corrected chi connectivity index (χ4v) is 4.58. The molecule has 5 nitrogen and oxygen atoms in total. The van der Waals surface area contributed by atoms with E-state index in [2.05, 4.69) is 0 Å². The molecule has 0 spiro atoms. The Labute approximate surface area is 140 Å².